The van der Waals surface area contributed by atoms with E-state index < -0.39 is 16.7 Å². The topological polar surface area (TPSA) is 132 Å². The second-order valence-corrected chi connectivity index (χ2v) is 7.32. The fourth-order valence-corrected chi connectivity index (χ4v) is 3.03. The molecule has 0 radical (unpaired) electrons. The predicted molar refractivity (Wildman–Crippen MR) is 119 cm³/mol. The molecule has 0 spiro atoms. The van der Waals surface area contributed by atoms with Crippen molar-refractivity contribution in [2.24, 2.45) is 5.10 Å². The minimum Gasteiger partial charge on any atom is -0.496 e. The number of nitro groups is 1. The Bertz CT molecular complexity index is 1020. The summed E-state index contributed by atoms with van der Waals surface area (Å²) in [6.45, 7) is 3.21. The van der Waals surface area contributed by atoms with E-state index in [1.165, 1.54) is 25.3 Å². The maximum Gasteiger partial charge on any atom is 0.296 e. The van der Waals surface area contributed by atoms with E-state index >= 15 is 0 Å². The maximum atomic E-state index is 12.2. The van der Waals surface area contributed by atoms with E-state index in [2.05, 4.69) is 31.8 Å². The van der Waals surface area contributed by atoms with Crippen molar-refractivity contribution in [3.05, 3.63) is 56.5 Å². The molecule has 0 bridgehead atoms. The van der Waals surface area contributed by atoms with E-state index in [9.17, 15) is 19.7 Å². The fraction of sp³-hybridized carbons (Fsp3) is 0.250. The van der Waals surface area contributed by atoms with Gasteiger partial charge in [-0.1, -0.05) is 6.07 Å². The highest BCUT2D eigenvalue weighted by molar-refractivity contribution is 9.10. The number of anilines is 1. The number of hydrogen-bond donors (Lipinski definition) is 2. The lowest BCUT2D eigenvalue weighted by Gasteiger charge is -2.09. The molecule has 2 aromatic rings. The highest BCUT2D eigenvalue weighted by atomic mass is 79.9. The third-order valence-corrected chi connectivity index (χ3v) is 4.53. The zero-order valence-electron chi connectivity index (χ0n) is 17.1. The van der Waals surface area contributed by atoms with Crippen LogP contribution in [0, 0.1) is 17.0 Å². The highest BCUT2D eigenvalue weighted by Crippen LogP contribution is 2.29. The Morgan fingerprint density at radius 3 is 2.58 bits per heavy atom. The Morgan fingerprint density at radius 1 is 1.19 bits per heavy atom. The normalized spacial score (nSPS) is 10.9. The minimum atomic E-state index is -0.619. The molecule has 31 heavy (non-hydrogen) atoms. The molecule has 0 aromatic heterocycles. The Morgan fingerprint density at radius 2 is 1.94 bits per heavy atom. The lowest BCUT2D eigenvalue weighted by molar-refractivity contribution is -0.384. The number of nitrogens with one attached hydrogen (secondary N) is 2. The van der Waals surface area contributed by atoms with Crippen LogP contribution < -0.4 is 20.2 Å². The fourth-order valence-electron chi connectivity index (χ4n) is 2.42. The molecule has 2 aromatic carbocycles. The molecule has 10 nitrogen and oxygen atoms in total. The highest BCUT2D eigenvalue weighted by Gasteiger charge is 2.17. The van der Waals surface area contributed by atoms with Crippen molar-refractivity contribution in [3.8, 4) is 11.5 Å². The van der Waals surface area contributed by atoms with Gasteiger partial charge in [0.15, 0.2) is 6.61 Å². The smallest absolute Gasteiger partial charge is 0.296 e. The molecule has 0 aliphatic rings. The average molecular weight is 493 g/mol. The summed E-state index contributed by atoms with van der Waals surface area (Å²) >= 11 is 3.36. The number of ether oxygens (including phenoxy) is 2. The van der Waals surface area contributed by atoms with Gasteiger partial charge in [0, 0.05) is 5.71 Å². The van der Waals surface area contributed by atoms with Gasteiger partial charge in [-0.3, -0.25) is 19.7 Å². The number of carbonyl (C=O) groups excluding carboxylic acids is 2. The monoisotopic (exact) mass is 492 g/mol. The van der Waals surface area contributed by atoms with Crippen molar-refractivity contribution in [1.82, 2.24) is 5.43 Å². The van der Waals surface area contributed by atoms with E-state index in [4.69, 9.17) is 9.47 Å². The van der Waals surface area contributed by atoms with Gasteiger partial charge in [0.1, 0.15) is 17.2 Å². The third-order valence-electron chi connectivity index (χ3n) is 3.91. The summed E-state index contributed by atoms with van der Waals surface area (Å²) in [5.41, 5.74) is 3.39. The summed E-state index contributed by atoms with van der Waals surface area (Å²) in [6, 6.07) is 9.54. The van der Waals surface area contributed by atoms with Crippen LogP contribution in [0.15, 0.2) is 46.0 Å². The number of amides is 2. The Kier molecular flexibility index (Phi) is 8.50. The summed E-state index contributed by atoms with van der Waals surface area (Å²) in [5.74, 6) is -0.214. The molecule has 2 amide bonds. The largest absolute Gasteiger partial charge is 0.496 e. The van der Waals surface area contributed by atoms with Crippen LogP contribution in [-0.2, 0) is 9.59 Å². The molecule has 0 saturated heterocycles. The first-order valence-corrected chi connectivity index (χ1v) is 9.82. The average Bonchev–Trinajstić information content (AvgIpc) is 2.71. The van der Waals surface area contributed by atoms with E-state index in [-0.39, 0.29) is 24.4 Å². The van der Waals surface area contributed by atoms with Crippen LogP contribution >= 0.6 is 15.9 Å². The first kappa shape index (κ1) is 23.8. The van der Waals surface area contributed by atoms with Crippen LogP contribution in [0.4, 0.5) is 11.4 Å². The summed E-state index contributed by atoms with van der Waals surface area (Å²) in [5, 5.41) is 17.5. The number of halogens is 1. The Labute approximate surface area is 186 Å². The molecule has 0 unspecified atom stereocenters. The molecule has 11 heteroatoms. The number of nitro benzene ring substituents is 1. The predicted octanol–water partition coefficient (Wildman–Crippen LogP) is 3.57. The molecule has 0 aliphatic heterocycles. The molecule has 0 aliphatic carbocycles. The van der Waals surface area contributed by atoms with Crippen LogP contribution in [-0.4, -0.2) is 36.2 Å². The number of benzene rings is 2. The zero-order chi connectivity index (χ0) is 23.0. The lowest BCUT2D eigenvalue weighted by atomic mass is 10.2. The summed E-state index contributed by atoms with van der Waals surface area (Å²) < 4.78 is 11.1. The number of nitrogens with zero attached hydrogens (tertiary/aromatic N) is 2. The van der Waals surface area contributed by atoms with Crippen LogP contribution in [0.25, 0.3) is 0 Å². The number of hydrazone groups is 1. The minimum absolute atomic E-state index is 0.0321. The quantitative estimate of drug-likeness (QED) is 0.312. The standard InChI is InChI=1S/C20H21BrN4O6/c1-12-4-7-18(15(21)8-12)31-11-20(27)24-23-13(2)9-19(26)22-16-6-5-14(30-3)10-17(16)25(28)29/h4-8,10H,9,11H2,1-3H3,(H,22,26)(H,24,27)/b23-13-. The molecule has 0 heterocycles. The van der Waals surface area contributed by atoms with Gasteiger partial charge in [-0.2, -0.15) is 5.10 Å². The zero-order valence-corrected chi connectivity index (χ0v) is 18.7. The number of aryl methyl sites for hydroxylation is 1. The summed E-state index contributed by atoms with van der Waals surface area (Å²) in [4.78, 5) is 34.7. The molecule has 2 N–H and O–H groups in total. The second-order valence-electron chi connectivity index (χ2n) is 6.47. The number of carbonyl (C=O) groups is 2. The Balaban J connectivity index is 1.88. The van der Waals surface area contributed by atoms with E-state index in [0.717, 1.165) is 10.0 Å². The van der Waals surface area contributed by atoms with Crippen LogP contribution in [0.5, 0.6) is 11.5 Å². The van der Waals surface area contributed by atoms with Gasteiger partial charge in [0.2, 0.25) is 5.91 Å². The van der Waals surface area contributed by atoms with Crippen LogP contribution in [0.3, 0.4) is 0 Å². The van der Waals surface area contributed by atoms with Crippen molar-refractivity contribution in [3.63, 3.8) is 0 Å². The summed E-state index contributed by atoms with van der Waals surface area (Å²) in [6.07, 6.45) is -0.173. The molecule has 2 rings (SSSR count). The first-order valence-electron chi connectivity index (χ1n) is 9.03. The van der Waals surface area contributed by atoms with Crippen molar-refractivity contribution in [2.45, 2.75) is 20.3 Å². The van der Waals surface area contributed by atoms with Gasteiger partial charge in [-0.05, 0) is 59.6 Å². The van der Waals surface area contributed by atoms with Crippen molar-refractivity contribution in [2.75, 3.05) is 19.0 Å². The molecular weight excluding hydrogens is 472 g/mol. The maximum absolute atomic E-state index is 12.2. The second kappa shape index (κ2) is 11.1. The van der Waals surface area contributed by atoms with Crippen molar-refractivity contribution in [1.29, 1.82) is 0 Å². The first-order chi connectivity index (χ1) is 14.7. The van der Waals surface area contributed by atoms with Crippen LogP contribution in [0.1, 0.15) is 18.9 Å². The van der Waals surface area contributed by atoms with Gasteiger partial charge in [0.25, 0.3) is 11.6 Å². The molecular formula is C20H21BrN4O6. The third kappa shape index (κ3) is 7.37. The molecule has 164 valence electrons. The van der Waals surface area contributed by atoms with E-state index in [0.29, 0.717) is 17.2 Å². The van der Waals surface area contributed by atoms with Crippen molar-refractivity contribution >= 4 is 44.8 Å². The Hall–Kier alpha value is -3.47. The lowest BCUT2D eigenvalue weighted by Crippen LogP contribution is -2.26. The van der Waals surface area contributed by atoms with Gasteiger partial charge >= 0.3 is 0 Å². The molecule has 0 atom stereocenters. The summed E-state index contributed by atoms with van der Waals surface area (Å²) in [7, 11) is 1.39. The van der Waals surface area contributed by atoms with Crippen LogP contribution in [0.2, 0.25) is 0 Å². The number of methoxy groups -OCH3 is 1. The van der Waals surface area contributed by atoms with E-state index in [1.54, 1.807) is 13.0 Å². The van der Waals surface area contributed by atoms with Gasteiger partial charge in [-0.25, -0.2) is 5.43 Å². The molecule has 0 saturated carbocycles. The SMILES string of the molecule is COc1ccc(NC(=O)C/C(C)=N\NC(=O)COc2ccc(C)cc2Br)c([N+](=O)[O-])c1. The molecule has 0 fully saturated rings. The van der Waals surface area contributed by atoms with Gasteiger partial charge in [0.05, 0.1) is 29.0 Å². The van der Waals surface area contributed by atoms with Crippen molar-refractivity contribution < 1.29 is 24.0 Å². The number of hydrogen-bond acceptors (Lipinski definition) is 7. The van der Waals surface area contributed by atoms with Gasteiger partial charge < -0.3 is 14.8 Å². The van der Waals surface area contributed by atoms with Gasteiger partial charge in [-0.15, -0.1) is 0 Å². The van der Waals surface area contributed by atoms with E-state index in [1.807, 2.05) is 19.1 Å². The number of rotatable bonds is 9.